The molecule has 19 heavy (non-hydrogen) atoms. The van der Waals surface area contributed by atoms with Gasteiger partial charge in [0.25, 0.3) is 0 Å². The van der Waals surface area contributed by atoms with Gasteiger partial charge in [-0.3, -0.25) is 14.9 Å². The highest BCUT2D eigenvalue weighted by atomic mass is 15.2. The van der Waals surface area contributed by atoms with Crippen LogP contribution in [0.5, 0.6) is 0 Å². The van der Waals surface area contributed by atoms with E-state index in [4.69, 9.17) is 5.73 Å². The molecule has 0 saturated carbocycles. The fourth-order valence-electron chi connectivity index (χ4n) is 2.22. The lowest BCUT2D eigenvalue weighted by molar-refractivity contribution is 0.201. The largest absolute Gasteiger partial charge is 0.329 e. The molecule has 1 unspecified atom stereocenters. The Morgan fingerprint density at radius 2 is 1.95 bits per heavy atom. The number of nitrogens with two attached hydrogens (primary N) is 1. The summed E-state index contributed by atoms with van der Waals surface area (Å²) in [6, 6.07) is 10.2. The first-order valence-corrected chi connectivity index (χ1v) is 6.59. The van der Waals surface area contributed by atoms with Crippen LogP contribution in [0.3, 0.4) is 0 Å². The first-order chi connectivity index (χ1) is 9.35. The first-order valence-electron chi connectivity index (χ1n) is 6.59. The van der Waals surface area contributed by atoms with Gasteiger partial charge in [0.2, 0.25) is 0 Å². The van der Waals surface area contributed by atoms with Crippen molar-refractivity contribution in [3.63, 3.8) is 0 Å². The molecule has 0 aliphatic heterocycles. The summed E-state index contributed by atoms with van der Waals surface area (Å²) in [6.07, 6.45) is 5.45. The standard InChI is InChI=1S/C15H20N4/c1-2-19(12-14-5-3-4-8-18-14)15(11-16)13-6-9-17-10-7-13/h3-10,15H,2,11-12,16H2,1H3. The lowest BCUT2D eigenvalue weighted by Crippen LogP contribution is -2.33. The molecule has 2 aromatic heterocycles. The maximum Gasteiger partial charge on any atom is 0.0544 e. The minimum Gasteiger partial charge on any atom is -0.329 e. The Labute approximate surface area is 114 Å². The molecule has 2 N–H and O–H groups in total. The van der Waals surface area contributed by atoms with Crippen LogP contribution in [0.1, 0.15) is 24.2 Å². The lowest BCUT2D eigenvalue weighted by atomic mass is 10.1. The normalized spacial score (nSPS) is 12.6. The van der Waals surface area contributed by atoms with Gasteiger partial charge in [-0.2, -0.15) is 0 Å². The number of hydrogen-bond acceptors (Lipinski definition) is 4. The molecule has 0 aliphatic rings. The number of aromatic nitrogens is 2. The summed E-state index contributed by atoms with van der Waals surface area (Å²) in [5, 5.41) is 0. The third-order valence-corrected chi connectivity index (χ3v) is 3.25. The molecule has 0 aromatic carbocycles. The minimum absolute atomic E-state index is 0.204. The highest BCUT2D eigenvalue weighted by Gasteiger charge is 2.18. The van der Waals surface area contributed by atoms with Crippen molar-refractivity contribution in [2.75, 3.05) is 13.1 Å². The van der Waals surface area contributed by atoms with Gasteiger partial charge in [-0.25, -0.2) is 0 Å². The maximum atomic E-state index is 5.95. The summed E-state index contributed by atoms with van der Waals surface area (Å²) in [5.74, 6) is 0. The molecule has 0 aliphatic carbocycles. The smallest absolute Gasteiger partial charge is 0.0544 e. The van der Waals surface area contributed by atoms with Crippen molar-refractivity contribution in [2.45, 2.75) is 19.5 Å². The van der Waals surface area contributed by atoms with Gasteiger partial charge in [0, 0.05) is 37.7 Å². The monoisotopic (exact) mass is 256 g/mol. The summed E-state index contributed by atoms with van der Waals surface area (Å²) >= 11 is 0. The second-order valence-corrected chi connectivity index (χ2v) is 4.42. The second-order valence-electron chi connectivity index (χ2n) is 4.42. The molecule has 2 aromatic rings. The van der Waals surface area contributed by atoms with Gasteiger partial charge >= 0.3 is 0 Å². The summed E-state index contributed by atoms with van der Waals surface area (Å²) in [6.45, 7) is 4.47. The molecule has 0 bridgehead atoms. The van der Waals surface area contributed by atoms with Crippen molar-refractivity contribution in [3.8, 4) is 0 Å². The van der Waals surface area contributed by atoms with Crippen LogP contribution in [0.15, 0.2) is 48.9 Å². The third-order valence-electron chi connectivity index (χ3n) is 3.25. The Morgan fingerprint density at radius 3 is 2.53 bits per heavy atom. The average Bonchev–Trinajstić information content (AvgIpc) is 2.49. The van der Waals surface area contributed by atoms with Gasteiger partial charge in [-0.15, -0.1) is 0 Å². The fourth-order valence-corrected chi connectivity index (χ4v) is 2.22. The van der Waals surface area contributed by atoms with Gasteiger partial charge in [0.15, 0.2) is 0 Å². The third kappa shape index (κ3) is 3.59. The molecule has 4 nitrogen and oxygen atoms in total. The number of pyridine rings is 2. The van der Waals surface area contributed by atoms with Crippen molar-refractivity contribution in [1.29, 1.82) is 0 Å². The summed E-state index contributed by atoms with van der Waals surface area (Å²) in [4.78, 5) is 10.8. The molecule has 1 atom stereocenters. The second kappa shape index (κ2) is 6.97. The van der Waals surface area contributed by atoms with Gasteiger partial charge in [0.1, 0.15) is 0 Å². The van der Waals surface area contributed by atoms with Gasteiger partial charge < -0.3 is 5.73 Å². The molecule has 0 saturated heterocycles. The van der Waals surface area contributed by atoms with Crippen LogP contribution in [0.25, 0.3) is 0 Å². The quantitative estimate of drug-likeness (QED) is 0.859. The fraction of sp³-hybridized carbons (Fsp3) is 0.333. The van der Waals surface area contributed by atoms with Crippen LogP contribution in [0.4, 0.5) is 0 Å². The topological polar surface area (TPSA) is 55.0 Å². The van der Waals surface area contributed by atoms with Crippen LogP contribution in [-0.4, -0.2) is 28.0 Å². The predicted octanol–water partition coefficient (Wildman–Crippen LogP) is 2.00. The summed E-state index contributed by atoms with van der Waals surface area (Å²) < 4.78 is 0. The molecular formula is C15H20N4. The van der Waals surface area contributed by atoms with Crippen molar-refractivity contribution < 1.29 is 0 Å². The van der Waals surface area contributed by atoms with E-state index in [2.05, 4.69) is 21.8 Å². The average molecular weight is 256 g/mol. The molecule has 100 valence electrons. The highest BCUT2D eigenvalue weighted by molar-refractivity contribution is 5.16. The summed E-state index contributed by atoms with van der Waals surface area (Å²) in [5.41, 5.74) is 8.22. The van der Waals surface area contributed by atoms with Crippen molar-refractivity contribution in [3.05, 3.63) is 60.2 Å². The Bertz CT molecular complexity index is 472. The molecule has 0 radical (unpaired) electrons. The lowest BCUT2D eigenvalue weighted by Gasteiger charge is -2.29. The highest BCUT2D eigenvalue weighted by Crippen LogP contribution is 2.20. The van der Waals surface area contributed by atoms with Gasteiger partial charge in [0.05, 0.1) is 5.69 Å². The van der Waals surface area contributed by atoms with E-state index in [1.807, 2.05) is 48.9 Å². The van der Waals surface area contributed by atoms with E-state index < -0.39 is 0 Å². The van der Waals surface area contributed by atoms with Crippen LogP contribution < -0.4 is 5.73 Å². The Hall–Kier alpha value is -1.78. The minimum atomic E-state index is 0.204. The van der Waals surface area contributed by atoms with Gasteiger partial charge in [-0.1, -0.05) is 13.0 Å². The zero-order valence-corrected chi connectivity index (χ0v) is 11.2. The molecule has 2 heterocycles. The van der Waals surface area contributed by atoms with Crippen LogP contribution in [0, 0.1) is 0 Å². The van der Waals surface area contributed by atoms with E-state index in [1.54, 1.807) is 0 Å². The Kier molecular flexibility index (Phi) is 5.01. The maximum absolute atomic E-state index is 5.95. The van der Waals surface area contributed by atoms with E-state index in [0.29, 0.717) is 6.54 Å². The molecular weight excluding hydrogens is 236 g/mol. The number of rotatable bonds is 6. The van der Waals surface area contributed by atoms with Crippen molar-refractivity contribution in [1.82, 2.24) is 14.9 Å². The Morgan fingerprint density at radius 1 is 1.16 bits per heavy atom. The van der Waals surface area contributed by atoms with E-state index in [-0.39, 0.29) is 6.04 Å². The van der Waals surface area contributed by atoms with E-state index >= 15 is 0 Å². The molecule has 2 rings (SSSR count). The predicted molar refractivity (Wildman–Crippen MR) is 76.4 cm³/mol. The summed E-state index contributed by atoms with van der Waals surface area (Å²) in [7, 11) is 0. The van der Waals surface area contributed by atoms with E-state index in [1.165, 1.54) is 5.56 Å². The van der Waals surface area contributed by atoms with Crippen LogP contribution in [-0.2, 0) is 6.54 Å². The number of likely N-dealkylation sites (N-methyl/N-ethyl adjacent to an activating group) is 1. The van der Waals surface area contributed by atoms with Crippen LogP contribution in [0.2, 0.25) is 0 Å². The molecule has 0 amide bonds. The number of nitrogens with zero attached hydrogens (tertiary/aromatic N) is 3. The first kappa shape index (κ1) is 13.6. The molecule has 4 heteroatoms. The Balaban J connectivity index is 2.15. The molecule has 0 fully saturated rings. The van der Waals surface area contributed by atoms with Crippen molar-refractivity contribution in [2.24, 2.45) is 5.73 Å². The van der Waals surface area contributed by atoms with E-state index in [0.717, 1.165) is 18.8 Å². The zero-order valence-electron chi connectivity index (χ0n) is 11.2. The SMILES string of the molecule is CCN(Cc1ccccn1)C(CN)c1ccncc1. The van der Waals surface area contributed by atoms with Crippen molar-refractivity contribution >= 4 is 0 Å². The van der Waals surface area contributed by atoms with E-state index in [9.17, 15) is 0 Å². The van der Waals surface area contributed by atoms with Gasteiger partial charge in [-0.05, 0) is 36.4 Å². The van der Waals surface area contributed by atoms with Crippen LogP contribution >= 0.6 is 0 Å². The zero-order chi connectivity index (χ0) is 13.5. The molecule has 0 spiro atoms. The number of hydrogen-bond donors (Lipinski definition) is 1.